The minimum absolute atomic E-state index is 0.397. The van der Waals surface area contributed by atoms with Gasteiger partial charge in [0.05, 0.1) is 5.69 Å². The van der Waals surface area contributed by atoms with Gasteiger partial charge in [-0.05, 0) is 19.9 Å². The summed E-state index contributed by atoms with van der Waals surface area (Å²) in [4.78, 5) is 25.7. The number of hydrogen-bond acceptors (Lipinski definition) is 4. The lowest BCUT2D eigenvalue weighted by Gasteiger charge is -2.09. The van der Waals surface area contributed by atoms with Gasteiger partial charge in [-0.2, -0.15) is 0 Å². The normalized spacial score (nSPS) is 12.6. The average molecular weight is 192 g/mol. The Balaban J connectivity index is 2.82. The van der Waals surface area contributed by atoms with Crippen molar-refractivity contribution in [3.63, 3.8) is 0 Å². The van der Waals surface area contributed by atoms with Gasteiger partial charge in [-0.3, -0.25) is 14.6 Å². The lowest BCUT2D eigenvalue weighted by Crippen LogP contribution is -2.36. The van der Waals surface area contributed by atoms with Gasteiger partial charge in [0.1, 0.15) is 0 Å². The summed E-state index contributed by atoms with van der Waals surface area (Å²) in [5.41, 5.74) is 0.836. The van der Waals surface area contributed by atoms with Crippen LogP contribution in [-0.2, 0) is 0 Å². The fourth-order valence-electron chi connectivity index (χ4n) is 1.08. The van der Waals surface area contributed by atoms with Crippen molar-refractivity contribution in [2.75, 3.05) is 12.4 Å². The van der Waals surface area contributed by atoms with Gasteiger partial charge < -0.3 is 5.32 Å². The molecule has 0 aliphatic heterocycles. The maximum Gasteiger partial charge on any atom is 0.249 e. The third-order valence-corrected chi connectivity index (χ3v) is 1.94. The summed E-state index contributed by atoms with van der Waals surface area (Å²) in [7, 11) is 1.66. The Morgan fingerprint density at radius 3 is 2.50 bits per heavy atom. The van der Waals surface area contributed by atoms with Crippen molar-refractivity contribution >= 4 is 11.9 Å². The first-order valence-electron chi connectivity index (χ1n) is 4.24. The van der Waals surface area contributed by atoms with Crippen molar-refractivity contribution in [2.24, 2.45) is 4.99 Å². The van der Waals surface area contributed by atoms with Gasteiger partial charge in [-0.15, -0.1) is 0 Å². The second kappa shape index (κ2) is 4.00. The summed E-state index contributed by atoms with van der Waals surface area (Å²) in [5.74, 6) is 0. The van der Waals surface area contributed by atoms with Crippen LogP contribution in [0.2, 0.25) is 0 Å². The Labute approximate surface area is 81.7 Å². The summed E-state index contributed by atoms with van der Waals surface area (Å²) in [6.45, 7) is 3.44. The molecule has 0 aromatic heterocycles. The highest BCUT2D eigenvalue weighted by atomic mass is 16.2. The summed E-state index contributed by atoms with van der Waals surface area (Å²) in [6, 6.07) is 0. The molecular formula is C10H12N2O2. The minimum atomic E-state index is -0.441. The van der Waals surface area contributed by atoms with Crippen LogP contribution in [0.1, 0.15) is 12.5 Å². The van der Waals surface area contributed by atoms with E-state index in [0.717, 1.165) is 5.70 Å². The first-order chi connectivity index (χ1) is 6.57. The average Bonchev–Trinajstić information content (AvgIpc) is 2.21. The molecule has 0 bridgehead atoms. The molecule has 0 atom stereocenters. The van der Waals surface area contributed by atoms with Crippen LogP contribution in [0.15, 0.2) is 26.4 Å². The second-order valence-electron chi connectivity index (χ2n) is 3.04. The molecule has 0 saturated carbocycles. The van der Waals surface area contributed by atoms with Crippen LogP contribution >= 0.6 is 0 Å². The van der Waals surface area contributed by atoms with E-state index >= 15 is 0 Å². The Bertz CT molecular complexity index is 462. The van der Waals surface area contributed by atoms with E-state index < -0.39 is 10.9 Å². The molecule has 4 heteroatoms. The molecule has 4 nitrogen and oxygen atoms in total. The fourth-order valence-corrected chi connectivity index (χ4v) is 1.08. The number of nitrogens with one attached hydrogen (secondary N) is 1. The fraction of sp³-hybridized carbons (Fsp3) is 0.300. The molecular weight excluding hydrogens is 180 g/mol. The van der Waals surface area contributed by atoms with E-state index in [1.165, 1.54) is 0 Å². The summed E-state index contributed by atoms with van der Waals surface area (Å²) in [6.07, 6.45) is 3.35. The highest BCUT2D eigenvalue weighted by Gasteiger charge is 2.15. The van der Waals surface area contributed by atoms with Crippen molar-refractivity contribution in [1.29, 1.82) is 0 Å². The van der Waals surface area contributed by atoms with Gasteiger partial charge in [-0.25, -0.2) is 0 Å². The molecule has 0 radical (unpaired) electrons. The standard InChI is InChI=1S/C10H12N2O2/c1-6(4-5-11-3)12-8-7(2)9(13)10(8)14/h4-5,12H,1-3H3/b6-4+,11-5?. The zero-order chi connectivity index (χ0) is 10.7. The first kappa shape index (κ1) is 10.4. The monoisotopic (exact) mass is 192 g/mol. The maximum absolute atomic E-state index is 11.1. The van der Waals surface area contributed by atoms with Gasteiger partial charge in [0, 0.05) is 24.5 Å². The molecule has 0 unspecified atom stereocenters. The van der Waals surface area contributed by atoms with Gasteiger partial charge in [0.25, 0.3) is 0 Å². The lowest BCUT2D eigenvalue weighted by molar-refractivity contribution is 1.23. The Morgan fingerprint density at radius 1 is 1.36 bits per heavy atom. The van der Waals surface area contributed by atoms with Gasteiger partial charge in [0.2, 0.25) is 10.9 Å². The van der Waals surface area contributed by atoms with Gasteiger partial charge in [-0.1, -0.05) is 0 Å². The van der Waals surface area contributed by atoms with E-state index in [9.17, 15) is 9.59 Å². The molecule has 0 heterocycles. The predicted molar refractivity (Wildman–Crippen MR) is 57.9 cm³/mol. The van der Waals surface area contributed by atoms with Crippen molar-refractivity contribution in [2.45, 2.75) is 13.8 Å². The van der Waals surface area contributed by atoms with Crippen LogP contribution in [0.25, 0.3) is 0 Å². The molecule has 0 amide bonds. The van der Waals surface area contributed by atoms with Gasteiger partial charge >= 0.3 is 0 Å². The van der Waals surface area contributed by atoms with Crippen LogP contribution in [0.3, 0.4) is 0 Å². The van der Waals surface area contributed by atoms with Gasteiger partial charge in [0.15, 0.2) is 0 Å². The topological polar surface area (TPSA) is 58.5 Å². The molecule has 74 valence electrons. The molecule has 0 aliphatic carbocycles. The SMILES string of the molecule is CN=C/C=C(\C)Nc1c(C)c(=O)c1=O. The molecule has 1 aromatic rings. The molecule has 0 aliphatic rings. The molecule has 14 heavy (non-hydrogen) atoms. The number of allylic oxidation sites excluding steroid dienone is 2. The van der Waals surface area contributed by atoms with E-state index in [1.807, 2.05) is 0 Å². The third kappa shape index (κ3) is 1.79. The zero-order valence-corrected chi connectivity index (χ0v) is 8.42. The van der Waals surface area contributed by atoms with E-state index in [2.05, 4.69) is 10.3 Å². The number of hydrogen-bond donors (Lipinski definition) is 1. The summed E-state index contributed by atoms with van der Waals surface area (Å²) in [5, 5.41) is 2.86. The molecule has 1 aromatic carbocycles. The Hall–Kier alpha value is -1.71. The highest BCUT2D eigenvalue weighted by Crippen LogP contribution is 2.08. The van der Waals surface area contributed by atoms with Crippen molar-refractivity contribution < 1.29 is 0 Å². The zero-order valence-electron chi connectivity index (χ0n) is 8.42. The number of aliphatic imine (C=N–C) groups is 1. The number of nitrogens with zero attached hydrogens (tertiary/aromatic N) is 1. The number of rotatable bonds is 3. The van der Waals surface area contributed by atoms with Crippen molar-refractivity contribution in [3.8, 4) is 0 Å². The first-order valence-corrected chi connectivity index (χ1v) is 4.24. The molecule has 0 fully saturated rings. The van der Waals surface area contributed by atoms with Crippen molar-refractivity contribution in [1.82, 2.24) is 0 Å². The van der Waals surface area contributed by atoms with Crippen LogP contribution in [-0.4, -0.2) is 13.3 Å². The highest BCUT2D eigenvalue weighted by molar-refractivity contribution is 5.73. The number of anilines is 1. The van der Waals surface area contributed by atoms with Crippen molar-refractivity contribution in [3.05, 3.63) is 37.8 Å². The quantitative estimate of drug-likeness (QED) is 0.563. The maximum atomic E-state index is 11.1. The van der Waals surface area contributed by atoms with Crippen LogP contribution < -0.4 is 16.2 Å². The summed E-state index contributed by atoms with van der Waals surface area (Å²) >= 11 is 0. The summed E-state index contributed by atoms with van der Waals surface area (Å²) < 4.78 is 0. The smallest absolute Gasteiger partial charge is 0.249 e. The second-order valence-corrected chi connectivity index (χ2v) is 3.04. The minimum Gasteiger partial charge on any atom is -0.355 e. The lowest BCUT2D eigenvalue weighted by atomic mass is 10.1. The predicted octanol–water partition coefficient (Wildman–Crippen LogP) is 0.607. The van der Waals surface area contributed by atoms with E-state index in [4.69, 9.17) is 0 Å². The van der Waals surface area contributed by atoms with E-state index in [0.29, 0.717) is 11.3 Å². The Kier molecular flexibility index (Phi) is 2.96. The Morgan fingerprint density at radius 2 is 2.00 bits per heavy atom. The van der Waals surface area contributed by atoms with E-state index in [-0.39, 0.29) is 0 Å². The largest absolute Gasteiger partial charge is 0.355 e. The molecule has 0 spiro atoms. The van der Waals surface area contributed by atoms with E-state index in [1.54, 1.807) is 33.2 Å². The van der Waals surface area contributed by atoms with Crippen LogP contribution in [0, 0.1) is 6.92 Å². The van der Waals surface area contributed by atoms with Crippen LogP contribution in [0.4, 0.5) is 5.69 Å². The molecule has 0 saturated heterocycles. The molecule has 1 rings (SSSR count). The molecule has 1 N–H and O–H groups in total. The van der Waals surface area contributed by atoms with Crippen LogP contribution in [0.5, 0.6) is 0 Å². The third-order valence-electron chi connectivity index (χ3n) is 1.94.